The van der Waals surface area contributed by atoms with Crippen LogP contribution < -0.4 is 10.1 Å². The monoisotopic (exact) mass is 313 g/mol. The molecule has 1 rings (SSSR count). The fraction of sp³-hybridized carbons (Fsp3) is 0.500. The maximum Gasteiger partial charge on any atom is 0.168 e. The van der Waals surface area contributed by atoms with E-state index in [0.717, 1.165) is 21.2 Å². The lowest BCUT2D eigenvalue weighted by Gasteiger charge is -2.18. The fourth-order valence-corrected chi connectivity index (χ4v) is 2.53. The van der Waals surface area contributed by atoms with E-state index >= 15 is 0 Å². The smallest absolute Gasteiger partial charge is 0.168 e. The van der Waals surface area contributed by atoms with Crippen LogP contribution in [0.15, 0.2) is 4.47 Å². The number of hydrogen-bond acceptors (Lipinski definition) is 3. The predicted octanol–water partition coefficient (Wildman–Crippen LogP) is 3.18. The van der Waals surface area contributed by atoms with Crippen LogP contribution in [0.2, 0.25) is 0 Å². The molecule has 1 aromatic rings. The van der Waals surface area contributed by atoms with Crippen LogP contribution in [-0.2, 0) is 0 Å². The second-order valence-corrected chi connectivity index (χ2v) is 5.17. The molecule has 1 aromatic carbocycles. The summed E-state index contributed by atoms with van der Waals surface area (Å²) < 4.78 is 6.43. The maximum absolute atomic E-state index is 12.3. The van der Waals surface area contributed by atoms with Gasteiger partial charge in [-0.15, -0.1) is 0 Å². The molecule has 0 heterocycles. The van der Waals surface area contributed by atoms with E-state index in [2.05, 4.69) is 21.2 Å². The largest absolute Gasteiger partial charge is 0.496 e. The number of carbonyl (C=O) groups excluding carboxylic acids is 1. The molecular weight excluding hydrogens is 294 g/mol. The Bertz CT molecular complexity index is 470. The number of methoxy groups -OCH3 is 1. The van der Waals surface area contributed by atoms with Crippen LogP contribution in [0.3, 0.4) is 0 Å². The highest BCUT2D eigenvalue weighted by atomic mass is 79.9. The lowest BCUT2D eigenvalue weighted by atomic mass is 9.95. The zero-order valence-corrected chi connectivity index (χ0v) is 13.2. The number of rotatable bonds is 5. The van der Waals surface area contributed by atoms with Crippen molar-refractivity contribution in [2.45, 2.75) is 27.2 Å². The molecule has 0 unspecified atom stereocenters. The van der Waals surface area contributed by atoms with E-state index < -0.39 is 0 Å². The summed E-state index contributed by atoms with van der Waals surface area (Å²) in [6.07, 6.45) is 0.475. The van der Waals surface area contributed by atoms with Crippen LogP contribution in [0.5, 0.6) is 5.75 Å². The van der Waals surface area contributed by atoms with E-state index in [1.165, 1.54) is 0 Å². The first kappa shape index (κ1) is 15.2. The summed E-state index contributed by atoms with van der Waals surface area (Å²) in [4.78, 5) is 12.3. The zero-order valence-electron chi connectivity index (χ0n) is 11.6. The Morgan fingerprint density at radius 2 is 1.83 bits per heavy atom. The van der Waals surface area contributed by atoms with Gasteiger partial charge in [-0.2, -0.15) is 0 Å². The van der Waals surface area contributed by atoms with E-state index in [1.807, 2.05) is 27.8 Å². The Labute approximate surface area is 117 Å². The van der Waals surface area contributed by atoms with Gasteiger partial charge in [0.2, 0.25) is 0 Å². The standard InChI is InChI=1S/C14H20BrNO2/c1-8-9(2)14(18-5)12(10(3)13(8)15)11(17)6-7-16-4/h16H,6-7H2,1-5H3. The molecule has 0 spiro atoms. The highest BCUT2D eigenvalue weighted by molar-refractivity contribution is 9.10. The summed E-state index contributed by atoms with van der Waals surface area (Å²) in [5.74, 6) is 0.816. The first-order valence-electron chi connectivity index (χ1n) is 5.96. The molecule has 0 atom stereocenters. The lowest BCUT2D eigenvalue weighted by molar-refractivity contribution is 0.0979. The van der Waals surface area contributed by atoms with Crippen LogP contribution in [-0.4, -0.2) is 26.5 Å². The van der Waals surface area contributed by atoms with E-state index in [1.54, 1.807) is 7.11 Å². The van der Waals surface area contributed by atoms with Gasteiger partial charge in [0.05, 0.1) is 12.7 Å². The number of ketones is 1. The molecule has 0 bridgehead atoms. The number of Topliss-reactive ketones (excluding diaryl/α,β-unsaturated/α-hetero) is 1. The first-order chi connectivity index (χ1) is 8.45. The molecule has 0 radical (unpaired) electrons. The van der Waals surface area contributed by atoms with Crippen LogP contribution in [0.1, 0.15) is 33.5 Å². The third-order valence-electron chi connectivity index (χ3n) is 3.25. The number of halogens is 1. The van der Waals surface area contributed by atoms with Gasteiger partial charge >= 0.3 is 0 Å². The van der Waals surface area contributed by atoms with E-state index in [-0.39, 0.29) is 5.78 Å². The Balaban J connectivity index is 3.37. The molecule has 0 fully saturated rings. The topological polar surface area (TPSA) is 38.3 Å². The molecule has 18 heavy (non-hydrogen) atoms. The van der Waals surface area contributed by atoms with Gasteiger partial charge in [-0.3, -0.25) is 4.79 Å². The summed E-state index contributed by atoms with van der Waals surface area (Å²) >= 11 is 3.56. The average molecular weight is 314 g/mol. The van der Waals surface area contributed by atoms with Crippen molar-refractivity contribution in [2.75, 3.05) is 20.7 Å². The number of ether oxygens (including phenoxy) is 1. The van der Waals surface area contributed by atoms with Gasteiger partial charge in [-0.25, -0.2) is 0 Å². The molecular formula is C14H20BrNO2. The Morgan fingerprint density at radius 3 is 2.33 bits per heavy atom. The van der Waals surface area contributed by atoms with Crippen molar-refractivity contribution < 1.29 is 9.53 Å². The molecule has 0 amide bonds. The number of carbonyl (C=O) groups is 1. The van der Waals surface area contributed by atoms with Crippen molar-refractivity contribution in [1.82, 2.24) is 5.32 Å². The molecule has 0 aliphatic carbocycles. The normalized spacial score (nSPS) is 10.6. The Hall–Kier alpha value is -0.870. The molecule has 0 saturated heterocycles. The summed E-state index contributed by atoms with van der Waals surface area (Å²) in [6, 6.07) is 0. The van der Waals surface area contributed by atoms with Gasteiger partial charge in [-0.1, -0.05) is 15.9 Å². The quantitative estimate of drug-likeness (QED) is 0.848. The average Bonchev–Trinajstić information content (AvgIpc) is 2.37. The van der Waals surface area contributed by atoms with Crippen molar-refractivity contribution in [3.8, 4) is 5.75 Å². The molecule has 0 aromatic heterocycles. The van der Waals surface area contributed by atoms with Crippen LogP contribution in [0.4, 0.5) is 0 Å². The summed E-state index contributed by atoms with van der Waals surface area (Å²) in [5, 5.41) is 2.99. The van der Waals surface area contributed by atoms with Gasteiger partial charge in [0.1, 0.15) is 5.75 Å². The first-order valence-corrected chi connectivity index (χ1v) is 6.76. The molecule has 4 heteroatoms. The molecule has 0 saturated carbocycles. The summed E-state index contributed by atoms with van der Waals surface area (Å²) in [5.41, 5.74) is 3.79. The number of nitrogens with one attached hydrogen (secondary N) is 1. The van der Waals surface area contributed by atoms with Crippen LogP contribution in [0, 0.1) is 20.8 Å². The number of benzene rings is 1. The van der Waals surface area contributed by atoms with Gasteiger partial charge in [-0.05, 0) is 44.5 Å². The fourth-order valence-electron chi connectivity index (χ4n) is 2.04. The number of hydrogen-bond donors (Lipinski definition) is 1. The predicted molar refractivity (Wildman–Crippen MR) is 77.8 cm³/mol. The second-order valence-electron chi connectivity index (χ2n) is 4.37. The zero-order chi connectivity index (χ0) is 13.9. The summed E-state index contributed by atoms with van der Waals surface area (Å²) in [6.45, 7) is 6.63. The molecule has 0 aliphatic rings. The van der Waals surface area contributed by atoms with E-state index in [0.29, 0.717) is 24.3 Å². The van der Waals surface area contributed by atoms with Crippen molar-refractivity contribution in [3.63, 3.8) is 0 Å². The van der Waals surface area contributed by atoms with Crippen LogP contribution in [0.25, 0.3) is 0 Å². The highest BCUT2D eigenvalue weighted by Crippen LogP contribution is 2.36. The minimum atomic E-state index is 0.113. The Morgan fingerprint density at radius 1 is 1.22 bits per heavy atom. The van der Waals surface area contributed by atoms with Gasteiger partial charge in [0.25, 0.3) is 0 Å². The van der Waals surface area contributed by atoms with Gasteiger partial charge in [0.15, 0.2) is 5.78 Å². The van der Waals surface area contributed by atoms with Crippen molar-refractivity contribution in [1.29, 1.82) is 0 Å². The lowest BCUT2D eigenvalue weighted by Crippen LogP contribution is -2.15. The van der Waals surface area contributed by atoms with Crippen molar-refractivity contribution >= 4 is 21.7 Å². The molecule has 3 nitrogen and oxygen atoms in total. The SMILES string of the molecule is CNCCC(=O)c1c(C)c(Br)c(C)c(C)c1OC. The molecule has 100 valence electrons. The van der Waals surface area contributed by atoms with Crippen LogP contribution >= 0.6 is 15.9 Å². The van der Waals surface area contributed by atoms with Crippen molar-refractivity contribution in [3.05, 3.63) is 26.7 Å². The van der Waals surface area contributed by atoms with E-state index in [9.17, 15) is 4.79 Å². The minimum Gasteiger partial charge on any atom is -0.496 e. The third kappa shape index (κ3) is 2.75. The minimum absolute atomic E-state index is 0.113. The van der Waals surface area contributed by atoms with E-state index in [4.69, 9.17) is 4.74 Å². The van der Waals surface area contributed by atoms with Gasteiger partial charge in [0, 0.05) is 17.4 Å². The Kier molecular flexibility index (Phi) is 5.35. The highest BCUT2D eigenvalue weighted by Gasteiger charge is 2.21. The van der Waals surface area contributed by atoms with Gasteiger partial charge < -0.3 is 10.1 Å². The molecule has 1 N–H and O–H groups in total. The third-order valence-corrected chi connectivity index (χ3v) is 4.44. The van der Waals surface area contributed by atoms with Crippen molar-refractivity contribution in [2.24, 2.45) is 0 Å². The maximum atomic E-state index is 12.3. The second kappa shape index (κ2) is 6.34. The molecule has 0 aliphatic heterocycles. The summed E-state index contributed by atoms with van der Waals surface area (Å²) in [7, 11) is 3.46.